The van der Waals surface area contributed by atoms with E-state index in [9.17, 15) is 9.59 Å². The first kappa shape index (κ1) is 14.7. The molecule has 5 nitrogen and oxygen atoms in total. The summed E-state index contributed by atoms with van der Waals surface area (Å²) in [6.07, 6.45) is 0.231. The topological polar surface area (TPSA) is 58.6 Å². The van der Waals surface area contributed by atoms with E-state index in [0.29, 0.717) is 19.5 Å². The molecule has 0 bridgehead atoms. The zero-order valence-corrected chi connectivity index (χ0v) is 12.0. The Labute approximate surface area is 122 Å². The molecule has 1 saturated heterocycles. The lowest BCUT2D eigenvalue weighted by Gasteiger charge is -2.20. The van der Waals surface area contributed by atoms with Crippen LogP contribution in [0.5, 0.6) is 0 Å². The summed E-state index contributed by atoms with van der Waals surface area (Å²) in [5, 5.41) is 2.01. The van der Waals surface area contributed by atoms with E-state index in [2.05, 4.69) is 10.1 Å². The fourth-order valence-electron chi connectivity index (χ4n) is 2.23. The monoisotopic (exact) mass is 296 g/mol. The van der Waals surface area contributed by atoms with Crippen molar-refractivity contribution < 1.29 is 14.3 Å². The van der Waals surface area contributed by atoms with Gasteiger partial charge < -0.3 is 15.0 Å². The Morgan fingerprint density at radius 2 is 2.10 bits per heavy atom. The van der Waals surface area contributed by atoms with E-state index in [1.165, 1.54) is 7.11 Å². The normalized spacial score (nSPS) is 19.5. The van der Waals surface area contributed by atoms with Gasteiger partial charge in [-0.2, -0.15) is 0 Å². The van der Waals surface area contributed by atoms with Crippen LogP contribution in [-0.4, -0.2) is 43.1 Å². The number of hydrogen-bond acceptors (Lipinski definition) is 3. The largest absolute Gasteiger partial charge is 0.453 e. The van der Waals surface area contributed by atoms with Crippen LogP contribution in [0.3, 0.4) is 0 Å². The third-order valence-corrected chi connectivity index (χ3v) is 3.75. The number of likely N-dealkylation sites (tertiary alicyclic amines) is 1. The van der Waals surface area contributed by atoms with E-state index in [1.54, 1.807) is 4.90 Å². The third-order valence-electron chi connectivity index (χ3n) is 3.32. The van der Waals surface area contributed by atoms with Gasteiger partial charge >= 0.3 is 6.09 Å². The van der Waals surface area contributed by atoms with Crippen molar-refractivity contribution in [2.24, 2.45) is 0 Å². The first-order valence-corrected chi connectivity index (χ1v) is 6.87. The number of alkyl halides is 1. The molecule has 0 spiro atoms. The minimum atomic E-state index is -0.687. The van der Waals surface area contributed by atoms with Crippen LogP contribution in [0, 0.1) is 0 Å². The van der Waals surface area contributed by atoms with Crippen molar-refractivity contribution in [2.45, 2.75) is 17.8 Å². The van der Waals surface area contributed by atoms with Crippen LogP contribution < -0.4 is 5.32 Å². The molecule has 0 radical (unpaired) electrons. The van der Waals surface area contributed by atoms with Crippen LogP contribution in [0.25, 0.3) is 0 Å². The highest BCUT2D eigenvalue weighted by Gasteiger charge is 2.31. The van der Waals surface area contributed by atoms with E-state index < -0.39 is 11.5 Å². The second-order valence-corrected chi connectivity index (χ2v) is 5.12. The smallest absolute Gasteiger partial charge is 0.407 e. The average Bonchev–Trinajstić information content (AvgIpc) is 2.95. The maximum atomic E-state index is 12.3. The van der Waals surface area contributed by atoms with Crippen molar-refractivity contribution in [1.82, 2.24) is 10.2 Å². The lowest BCUT2D eigenvalue weighted by Crippen LogP contribution is -2.39. The number of methoxy groups -OCH3 is 1. The number of nitrogens with zero attached hydrogens (tertiary/aromatic N) is 1. The SMILES string of the molecule is COC(=O)NC1CCN(C(=O)C(Cl)c2ccccc2)C1. The molecule has 2 rings (SSSR count). The molecular formula is C14H17ClN2O3. The third kappa shape index (κ3) is 3.42. The van der Waals surface area contributed by atoms with E-state index in [1.807, 2.05) is 30.3 Å². The summed E-state index contributed by atoms with van der Waals surface area (Å²) in [5.41, 5.74) is 0.781. The Balaban J connectivity index is 1.93. The summed E-state index contributed by atoms with van der Waals surface area (Å²) in [6, 6.07) is 9.16. The van der Waals surface area contributed by atoms with Gasteiger partial charge in [0.15, 0.2) is 0 Å². The standard InChI is InChI=1S/C14H17ClN2O3/c1-20-14(19)16-11-7-8-17(9-11)13(18)12(15)10-5-3-2-4-6-10/h2-6,11-12H,7-9H2,1H3,(H,16,19). The Kier molecular flexibility index (Phi) is 4.84. The van der Waals surface area contributed by atoms with Crippen LogP contribution in [0.1, 0.15) is 17.4 Å². The summed E-state index contributed by atoms with van der Waals surface area (Å²) in [7, 11) is 1.32. The molecule has 1 heterocycles. The summed E-state index contributed by atoms with van der Waals surface area (Å²) in [6.45, 7) is 1.05. The quantitative estimate of drug-likeness (QED) is 0.867. The van der Waals surface area contributed by atoms with Crippen LogP contribution in [0.4, 0.5) is 4.79 Å². The van der Waals surface area contributed by atoms with Crippen LogP contribution in [0.15, 0.2) is 30.3 Å². The van der Waals surface area contributed by atoms with E-state index in [0.717, 1.165) is 5.56 Å². The van der Waals surface area contributed by atoms with Crippen molar-refractivity contribution >= 4 is 23.6 Å². The highest BCUT2D eigenvalue weighted by Crippen LogP contribution is 2.24. The molecule has 20 heavy (non-hydrogen) atoms. The highest BCUT2D eigenvalue weighted by molar-refractivity contribution is 6.30. The van der Waals surface area contributed by atoms with Gasteiger partial charge in [0.25, 0.3) is 0 Å². The Hall–Kier alpha value is -1.75. The number of carbonyl (C=O) groups excluding carboxylic acids is 2. The minimum absolute atomic E-state index is 0.0777. The number of ether oxygens (including phenoxy) is 1. The molecule has 1 N–H and O–H groups in total. The van der Waals surface area contributed by atoms with Gasteiger partial charge in [0.1, 0.15) is 5.38 Å². The predicted octanol–water partition coefficient (Wildman–Crippen LogP) is 1.92. The second kappa shape index (κ2) is 6.61. The molecule has 1 aliphatic heterocycles. The molecule has 2 amide bonds. The number of halogens is 1. The van der Waals surface area contributed by atoms with E-state index in [4.69, 9.17) is 11.6 Å². The number of benzene rings is 1. The van der Waals surface area contributed by atoms with Crippen LogP contribution >= 0.6 is 11.6 Å². The Morgan fingerprint density at radius 1 is 1.40 bits per heavy atom. The van der Waals surface area contributed by atoms with Gasteiger partial charge in [0, 0.05) is 13.1 Å². The molecule has 1 fully saturated rings. The Morgan fingerprint density at radius 3 is 2.75 bits per heavy atom. The van der Waals surface area contributed by atoms with Crippen molar-refractivity contribution in [3.8, 4) is 0 Å². The summed E-state index contributed by atoms with van der Waals surface area (Å²) in [4.78, 5) is 25.1. The molecule has 6 heteroatoms. The maximum absolute atomic E-state index is 12.3. The molecule has 0 saturated carbocycles. The molecule has 1 aromatic rings. The molecule has 1 aliphatic rings. The van der Waals surface area contributed by atoms with Gasteiger partial charge in [-0.15, -0.1) is 11.6 Å². The number of alkyl carbamates (subject to hydrolysis) is 1. The average molecular weight is 297 g/mol. The first-order chi connectivity index (χ1) is 9.61. The summed E-state index contributed by atoms with van der Waals surface area (Å²) >= 11 is 6.21. The summed E-state index contributed by atoms with van der Waals surface area (Å²) in [5.74, 6) is -0.132. The molecular weight excluding hydrogens is 280 g/mol. The lowest BCUT2D eigenvalue weighted by atomic mass is 10.1. The highest BCUT2D eigenvalue weighted by atomic mass is 35.5. The molecule has 2 atom stereocenters. The van der Waals surface area contributed by atoms with Gasteiger partial charge in [-0.25, -0.2) is 4.79 Å². The van der Waals surface area contributed by atoms with Crippen LogP contribution in [-0.2, 0) is 9.53 Å². The predicted molar refractivity (Wildman–Crippen MR) is 75.6 cm³/mol. The van der Waals surface area contributed by atoms with Crippen molar-refractivity contribution in [1.29, 1.82) is 0 Å². The molecule has 0 aliphatic carbocycles. The zero-order valence-electron chi connectivity index (χ0n) is 11.2. The van der Waals surface area contributed by atoms with Gasteiger partial charge in [-0.05, 0) is 12.0 Å². The van der Waals surface area contributed by atoms with Crippen molar-refractivity contribution in [2.75, 3.05) is 20.2 Å². The fraction of sp³-hybridized carbons (Fsp3) is 0.429. The van der Waals surface area contributed by atoms with E-state index >= 15 is 0 Å². The van der Waals surface area contributed by atoms with Crippen molar-refractivity contribution in [3.63, 3.8) is 0 Å². The van der Waals surface area contributed by atoms with Crippen LogP contribution in [0.2, 0.25) is 0 Å². The lowest BCUT2D eigenvalue weighted by molar-refractivity contribution is -0.129. The minimum Gasteiger partial charge on any atom is -0.453 e. The molecule has 1 aromatic carbocycles. The summed E-state index contributed by atoms with van der Waals surface area (Å²) < 4.78 is 4.55. The molecule has 2 unspecified atom stereocenters. The number of carbonyl (C=O) groups is 2. The first-order valence-electron chi connectivity index (χ1n) is 6.44. The van der Waals surface area contributed by atoms with Gasteiger partial charge in [-0.1, -0.05) is 30.3 Å². The Bertz CT molecular complexity index is 481. The number of hydrogen-bond donors (Lipinski definition) is 1. The number of amides is 2. The van der Waals surface area contributed by atoms with Gasteiger partial charge in [0.05, 0.1) is 13.2 Å². The fourth-order valence-corrected chi connectivity index (χ4v) is 2.51. The molecule has 0 aromatic heterocycles. The van der Waals surface area contributed by atoms with E-state index in [-0.39, 0.29) is 11.9 Å². The van der Waals surface area contributed by atoms with Crippen molar-refractivity contribution in [3.05, 3.63) is 35.9 Å². The maximum Gasteiger partial charge on any atom is 0.407 e. The van der Waals surface area contributed by atoms with Gasteiger partial charge in [-0.3, -0.25) is 4.79 Å². The molecule has 108 valence electrons. The number of nitrogens with one attached hydrogen (secondary N) is 1. The zero-order chi connectivity index (χ0) is 14.5. The number of rotatable bonds is 3. The second-order valence-electron chi connectivity index (χ2n) is 4.68. The van der Waals surface area contributed by atoms with Gasteiger partial charge in [0.2, 0.25) is 5.91 Å².